The van der Waals surface area contributed by atoms with Crippen LogP contribution in [0, 0.1) is 0 Å². The van der Waals surface area contributed by atoms with Gasteiger partial charge < -0.3 is 19.2 Å². The Balaban J connectivity index is 2.55. The average molecular weight is 430 g/mol. The van der Waals surface area contributed by atoms with E-state index in [1.807, 2.05) is 43.4 Å². The number of hydrogen-bond donors (Lipinski definition) is 1. The van der Waals surface area contributed by atoms with Crippen LogP contribution in [0.15, 0.2) is 60.7 Å². The van der Waals surface area contributed by atoms with Gasteiger partial charge in [-0.2, -0.15) is 0 Å². The van der Waals surface area contributed by atoms with Gasteiger partial charge in [-0.3, -0.25) is 4.79 Å². The van der Waals surface area contributed by atoms with E-state index >= 15 is 0 Å². The first kappa shape index (κ1) is 24.3. The van der Waals surface area contributed by atoms with Crippen molar-refractivity contribution in [3.63, 3.8) is 0 Å². The second kappa shape index (κ2) is 10.9. The zero-order valence-corrected chi connectivity index (χ0v) is 19.8. The molecule has 0 amide bonds. The molecule has 2 rings (SSSR count). The fraction of sp³-hybridized carbons (Fsp3) is 0.458. The minimum absolute atomic E-state index is 0.0399. The number of carboxylic acid groups (broad SMARTS) is 1. The smallest absolute Gasteiger partial charge is 0.305 e. The summed E-state index contributed by atoms with van der Waals surface area (Å²) in [6.45, 7) is 8.44. The second-order valence-electron chi connectivity index (χ2n) is 8.76. The highest BCUT2D eigenvalue weighted by atomic mass is 28.4. The Labute approximate surface area is 181 Å². The number of nitrogens with zero attached hydrogens (tertiary/aromatic N) is 1. The molecule has 0 fully saturated rings. The molecule has 5 nitrogen and oxygen atoms in total. The summed E-state index contributed by atoms with van der Waals surface area (Å²) in [6, 6.07) is 20.6. The van der Waals surface area contributed by atoms with Crippen LogP contribution in [0.2, 0.25) is 5.04 Å². The topological polar surface area (TPSA) is 59.0 Å². The molecule has 0 aliphatic carbocycles. The van der Waals surface area contributed by atoms with E-state index in [9.17, 15) is 9.90 Å². The first-order valence-corrected chi connectivity index (χ1v) is 12.3. The van der Waals surface area contributed by atoms with Gasteiger partial charge in [0.2, 0.25) is 0 Å². The molecule has 0 aliphatic heterocycles. The van der Waals surface area contributed by atoms with Crippen molar-refractivity contribution in [1.29, 1.82) is 0 Å². The summed E-state index contributed by atoms with van der Waals surface area (Å²) in [7, 11) is 0.844. The molecule has 0 radical (unpaired) electrons. The third-order valence-corrected chi connectivity index (χ3v) is 10.4. The fourth-order valence-corrected chi connectivity index (χ4v) is 8.64. The molecule has 0 aliphatic rings. The Kier molecular flexibility index (Phi) is 8.79. The van der Waals surface area contributed by atoms with Crippen molar-refractivity contribution in [3.05, 3.63) is 60.7 Å². The summed E-state index contributed by atoms with van der Waals surface area (Å²) < 4.78 is 12.2. The molecular weight excluding hydrogens is 394 g/mol. The lowest BCUT2D eigenvalue weighted by Crippen LogP contribution is -2.68. The molecule has 2 aromatic carbocycles. The summed E-state index contributed by atoms with van der Waals surface area (Å²) in [6.07, 6.45) is -0.474. The van der Waals surface area contributed by atoms with E-state index in [0.29, 0.717) is 13.2 Å². The fourth-order valence-electron chi connectivity index (χ4n) is 3.97. The van der Waals surface area contributed by atoms with E-state index in [1.54, 1.807) is 7.11 Å². The van der Waals surface area contributed by atoms with E-state index in [0.717, 1.165) is 16.9 Å². The SMILES string of the molecule is COCCN(C)CC(CC(=O)O)O[Si](c1ccccc1)(c1ccccc1)C(C)(C)C. The lowest BCUT2D eigenvalue weighted by molar-refractivity contribution is -0.139. The first-order chi connectivity index (χ1) is 14.2. The van der Waals surface area contributed by atoms with Crippen LogP contribution >= 0.6 is 0 Å². The molecule has 0 aromatic heterocycles. The third kappa shape index (κ3) is 6.01. The van der Waals surface area contributed by atoms with Crippen molar-refractivity contribution in [2.24, 2.45) is 0 Å². The van der Waals surface area contributed by atoms with Gasteiger partial charge in [-0.25, -0.2) is 0 Å². The molecule has 1 unspecified atom stereocenters. The largest absolute Gasteiger partial charge is 0.481 e. The van der Waals surface area contributed by atoms with Crippen LogP contribution in [0.5, 0.6) is 0 Å². The number of rotatable bonds is 11. The van der Waals surface area contributed by atoms with Crippen molar-refractivity contribution >= 4 is 24.7 Å². The molecule has 0 bridgehead atoms. The van der Waals surface area contributed by atoms with Gasteiger partial charge in [0.05, 0.1) is 19.1 Å². The van der Waals surface area contributed by atoms with Crippen molar-refractivity contribution in [3.8, 4) is 0 Å². The van der Waals surface area contributed by atoms with Crippen molar-refractivity contribution in [1.82, 2.24) is 4.90 Å². The predicted octanol–water partition coefficient (Wildman–Crippen LogP) is 2.98. The molecule has 0 heterocycles. The van der Waals surface area contributed by atoms with Crippen molar-refractivity contribution in [2.75, 3.05) is 33.9 Å². The highest BCUT2D eigenvalue weighted by Crippen LogP contribution is 2.37. The lowest BCUT2D eigenvalue weighted by atomic mass is 10.2. The van der Waals surface area contributed by atoms with Crippen LogP contribution in [0.4, 0.5) is 0 Å². The van der Waals surface area contributed by atoms with E-state index in [4.69, 9.17) is 9.16 Å². The number of aliphatic carboxylic acids is 1. The van der Waals surface area contributed by atoms with Gasteiger partial charge in [0.25, 0.3) is 8.32 Å². The number of carboxylic acids is 1. The second-order valence-corrected chi connectivity index (χ2v) is 13.0. The molecule has 1 N–H and O–H groups in total. The summed E-state index contributed by atoms with van der Waals surface area (Å²) in [5.74, 6) is -0.849. The third-order valence-electron chi connectivity index (χ3n) is 5.35. The summed E-state index contributed by atoms with van der Waals surface area (Å²) in [5.41, 5.74) is 0. The zero-order chi connectivity index (χ0) is 22.2. The first-order valence-electron chi connectivity index (χ1n) is 10.4. The maximum absolute atomic E-state index is 11.7. The molecule has 0 saturated heterocycles. The predicted molar refractivity (Wildman–Crippen MR) is 124 cm³/mol. The van der Waals surface area contributed by atoms with Crippen molar-refractivity contribution < 1.29 is 19.1 Å². The van der Waals surface area contributed by atoms with Crippen LogP contribution in [-0.2, 0) is 14.0 Å². The quantitative estimate of drug-likeness (QED) is 0.557. The maximum Gasteiger partial charge on any atom is 0.305 e. The van der Waals surface area contributed by atoms with Gasteiger partial charge >= 0.3 is 5.97 Å². The van der Waals surface area contributed by atoms with E-state index in [-0.39, 0.29) is 11.5 Å². The average Bonchev–Trinajstić information content (AvgIpc) is 2.70. The highest BCUT2D eigenvalue weighted by Gasteiger charge is 2.51. The monoisotopic (exact) mass is 429 g/mol. The number of likely N-dealkylation sites (N-methyl/N-ethyl adjacent to an activating group) is 1. The molecule has 30 heavy (non-hydrogen) atoms. The summed E-state index contributed by atoms with van der Waals surface area (Å²) in [5, 5.41) is 11.7. The Hall–Kier alpha value is -1.99. The van der Waals surface area contributed by atoms with E-state index < -0.39 is 20.4 Å². The van der Waals surface area contributed by atoms with E-state index in [2.05, 4.69) is 49.9 Å². The van der Waals surface area contributed by atoms with Gasteiger partial charge in [-0.1, -0.05) is 81.4 Å². The Morgan fingerprint density at radius 1 is 1.03 bits per heavy atom. The molecule has 164 valence electrons. The number of hydrogen-bond acceptors (Lipinski definition) is 4. The Morgan fingerprint density at radius 2 is 1.53 bits per heavy atom. The zero-order valence-electron chi connectivity index (χ0n) is 18.8. The summed E-state index contributed by atoms with van der Waals surface area (Å²) in [4.78, 5) is 13.8. The number of ether oxygens (including phenoxy) is 1. The molecule has 2 aromatic rings. The van der Waals surface area contributed by atoms with Gasteiger partial charge in [0.15, 0.2) is 0 Å². The lowest BCUT2D eigenvalue weighted by Gasteiger charge is -2.45. The van der Waals surface area contributed by atoms with Gasteiger partial charge in [0, 0.05) is 20.2 Å². The van der Waals surface area contributed by atoms with Crippen LogP contribution in [0.25, 0.3) is 0 Å². The minimum atomic E-state index is -2.80. The maximum atomic E-state index is 11.7. The van der Waals surface area contributed by atoms with Crippen molar-refractivity contribution in [2.45, 2.75) is 38.3 Å². The van der Waals surface area contributed by atoms with Gasteiger partial charge in [-0.15, -0.1) is 0 Å². The molecule has 1 atom stereocenters. The minimum Gasteiger partial charge on any atom is -0.481 e. The van der Waals surface area contributed by atoms with Crippen LogP contribution in [0.1, 0.15) is 27.2 Å². The Bertz CT molecular complexity index is 737. The Morgan fingerprint density at radius 3 is 1.93 bits per heavy atom. The normalized spacial score (nSPS) is 13.4. The number of benzene rings is 2. The highest BCUT2D eigenvalue weighted by molar-refractivity contribution is 6.99. The van der Waals surface area contributed by atoms with Crippen LogP contribution in [0.3, 0.4) is 0 Å². The molecule has 6 heteroatoms. The molecule has 0 spiro atoms. The molecule has 0 saturated carbocycles. The van der Waals surface area contributed by atoms with Gasteiger partial charge in [0.1, 0.15) is 0 Å². The summed E-state index contributed by atoms with van der Waals surface area (Å²) >= 11 is 0. The van der Waals surface area contributed by atoms with Crippen LogP contribution in [-0.4, -0.2) is 64.3 Å². The standard InChI is InChI=1S/C24H35NO4Si/c1-24(2,3)30(21-12-8-6-9-13-21,22-14-10-7-11-15-22)29-20(18-23(26)27)19-25(4)16-17-28-5/h6-15,20H,16-19H2,1-5H3,(H,26,27). The number of methoxy groups -OCH3 is 1. The number of carbonyl (C=O) groups is 1. The van der Waals surface area contributed by atoms with E-state index in [1.165, 1.54) is 0 Å². The molecular formula is C24H35NO4Si. The van der Waals surface area contributed by atoms with Crippen LogP contribution < -0.4 is 10.4 Å². The van der Waals surface area contributed by atoms with Gasteiger partial charge in [-0.05, 0) is 22.5 Å².